The summed E-state index contributed by atoms with van der Waals surface area (Å²) >= 11 is 0. The van der Waals surface area contributed by atoms with Crippen LogP contribution in [0.5, 0.6) is 0 Å². The number of rotatable bonds is 3. The predicted octanol–water partition coefficient (Wildman–Crippen LogP) is 5.97. The highest BCUT2D eigenvalue weighted by atomic mass is 15.4. The minimum Gasteiger partial charge on any atom is -0.400 e. The Morgan fingerprint density at radius 2 is 1.54 bits per heavy atom. The van der Waals surface area contributed by atoms with Crippen LogP contribution in [0.15, 0.2) is 62.4 Å². The van der Waals surface area contributed by atoms with E-state index in [1.807, 2.05) is 27.7 Å². The molecular weight excluding hydrogens is 484 g/mol. The van der Waals surface area contributed by atoms with Crippen LogP contribution in [-0.4, -0.2) is 23.5 Å². The summed E-state index contributed by atoms with van der Waals surface area (Å²) < 4.78 is 0. The Kier molecular flexibility index (Phi) is 7.14. The number of nitrogens with one attached hydrogen (secondary N) is 1. The second-order valence-electron chi connectivity index (χ2n) is 11.6. The molecule has 0 amide bonds. The SMILES string of the molecule is CC1=CC2Nc3c(C)cc(C)cc3N2C(=Nc2c(C)cc(C)cc2C)C1=N/N=C(N)\C(C#N)=C(/N)C(C)(C)C. The topological polar surface area (TPSA) is 128 Å². The molecule has 2 aliphatic heterocycles. The maximum Gasteiger partial charge on any atom is 0.165 e. The molecular formula is C31H38N8. The van der Waals surface area contributed by atoms with Gasteiger partial charge in [-0.2, -0.15) is 5.26 Å². The van der Waals surface area contributed by atoms with Gasteiger partial charge in [-0.1, -0.05) is 44.5 Å². The Hall–Kier alpha value is -4.38. The van der Waals surface area contributed by atoms with Gasteiger partial charge in [-0.15, -0.1) is 10.2 Å². The molecule has 202 valence electrons. The van der Waals surface area contributed by atoms with Crippen LogP contribution < -0.4 is 21.7 Å². The molecule has 1 unspecified atom stereocenters. The molecule has 0 radical (unpaired) electrons. The Labute approximate surface area is 231 Å². The number of nitriles is 1. The number of nitrogens with two attached hydrogens (primary N) is 2. The first-order chi connectivity index (χ1) is 18.2. The van der Waals surface area contributed by atoms with Crippen molar-refractivity contribution >= 4 is 34.4 Å². The van der Waals surface area contributed by atoms with E-state index in [1.165, 1.54) is 5.56 Å². The van der Waals surface area contributed by atoms with Crippen molar-refractivity contribution in [2.24, 2.45) is 32.1 Å². The summed E-state index contributed by atoms with van der Waals surface area (Å²) in [5.74, 6) is 0.634. The molecule has 0 aromatic heterocycles. The van der Waals surface area contributed by atoms with Crippen LogP contribution in [-0.2, 0) is 0 Å². The molecule has 2 aliphatic rings. The van der Waals surface area contributed by atoms with E-state index in [9.17, 15) is 5.26 Å². The zero-order chi connectivity index (χ0) is 28.8. The van der Waals surface area contributed by atoms with Gasteiger partial charge in [0, 0.05) is 11.1 Å². The molecule has 8 heteroatoms. The molecule has 5 N–H and O–H groups in total. The number of aryl methyl sites for hydroxylation is 5. The van der Waals surface area contributed by atoms with Crippen LogP contribution in [0, 0.1) is 51.4 Å². The fourth-order valence-corrected chi connectivity index (χ4v) is 5.12. The number of hydrogen-bond donors (Lipinski definition) is 3. The minimum atomic E-state index is -0.444. The van der Waals surface area contributed by atoms with Gasteiger partial charge < -0.3 is 16.8 Å². The molecule has 1 atom stereocenters. The minimum absolute atomic E-state index is 0.0268. The number of anilines is 2. The maximum atomic E-state index is 9.78. The first kappa shape index (κ1) is 27.6. The van der Waals surface area contributed by atoms with E-state index >= 15 is 0 Å². The highest BCUT2D eigenvalue weighted by Gasteiger charge is 2.38. The molecule has 8 nitrogen and oxygen atoms in total. The third-order valence-electron chi connectivity index (χ3n) is 7.07. The lowest BCUT2D eigenvalue weighted by molar-refractivity contribution is 0.496. The fraction of sp³-hybridized carbons (Fsp3) is 0.355. The highest BCUT2D eigenvalue weighted by Crippen LogP contribution is 2.42. The van der Waals surface area contributed by atoms with Gasteiger partial charge in [-0.05, 0) is 81.5 Å². The van der Waals surface area contributed by atoms with Crippen molar-refractivity contribution in [3.8, 4) is 6.07 Å². The molecule has 0 saturated carbocycles. The Bertz CT molecular complexity index is 1530. The fourth-order valence-electron chi connectivity index (χ4n) is 5.12. The molecule has 0 aliphatic carbocycles. The van der Waals surface area contributed by atoms with E-state index in [2.05, 4.69) is 91.4 Å². The van der Waals surface area contributed by atoms with Crippen LogP contribution >= 0.6 is 0 Å². The Morgan fingerprint density at radius 1 is 0.949 bits per heavy atom. The average molecular weight is 523 g/mol. The number of aliphatic imine (C=N–C) groups is 1. The van der Waals surface area contributed by atoms with Crippen LogP contribution in [0.1, 0.15) is 55.5 Å². The summed E-state index contributed by atoms with van der Waals surface area (Å²) in [5, 5.41) is 22.3. The van der Waals surface area contributed by atoms with Gasteiger partial charge in [0.25, 0.3) is 0 Å². The van der Waals surface area contributed by atoms with E-state index < -0.39 is 5.41 Å². The van der Waals surface area contributed by atoms with Crippen molar-refractivity contribution in [1.29, 1.82) is 5.26 Å². The lowest BCUT2D eigenvalue weighted by atomic mass is 9.89. The van der Waals surface area contributed by atoms with Crippen molar-refractivity contribution in [2.75, 3.05) is 10.2 Å². The highest BCUT2D eigenvalue weighted by molar-refractivity contribution is 6.53. The standard InChI is InChI=1S/C31H38N8/c1-16-10-18(3)25(19(4)11-16)36-30-27(37-38-29(34)22(15-32)28(33)31(7,8)9)21(6)14-24-35-26-20(5)12-17(2)13-23(26)39(24)30/h10-14,24,35H,33H2,1-9H3,(H2,34,38)/b28-22-,36-30?,37-27?. The summed E-state index contributed by atoms with van der Waals surface area (Å²) in [6.07, 6.45) is 1.98. The number of benzene rings is 2. The molecule has 2 aromatic carbocycles. The van der Waals surface area contributed by atoms with E-state index in [4.69, 9.17) is 16.5 Å². The largest absolute Gasteiger partial charge is 0.400 e. The maximum absolute atomic E-state index is 9.78. The number of nitrogens with zero attached hydrogens (tertiary/aromatic N) is 5. The van der Waals surface area contributed by atoms with Crippen LogP contribution in [0.2, 0.25) is 0 Å². The first-order valence-corrected chi connectivity index (χ1v) is 13.1. The normalized spacial score (nSPS) is 19.8. The van der Waals surface area contributed by atoms with Crippen LogP contribution in [0.4, 0.5) is 17.1 Å². The Morgan fingerprint density at radius 3 is 2.13 bits per heavy atom. The number of amidine groups is 2. The van der Waals surface area contributed by atoms with Crippen LogP contribution in [0.25, 0.3) is 0 Å². The smallest absolute Gasteiger partial charge is 0.165 e. The van der Waals surface area contributed by atoms with E-state index in [-0.39, 0.29) is 17.6 Å². The summed E-state index contributed by atoms with van der Waals surface area (Å²) in [4.78, 5) is 7.39. The van der Waals surface area contributed by atoms with Gasteiger partial charge in [0.1, 0.15) is 23.5 Å². The average Bonchev–Trinajstić information content (AvgIpc) is 3.18. The Balaban J connectivity index is 1.97. The quantitative estimate of drug-likeness (QED) is 0.198. The summed E-state index contributed by atoms with van der Waals surface area (Å²) in [6, 6.07) is 10.7. The van der Waals surface area contributed by atoms with Gasteiger partial charge in [-0.3, -0.25) is 4.90 Å². The third-order valence-corrected chi connectivity index (χ3v) is 7.07. The van der Waals surface area contributed by atoms with Crippen LogP contribution in [0.3, 0.4) is 0 Å². The second kappa shape index (κ2) is 10.1. The molecule has 2 heterocycles. The van der Waals surface area contributed by atoms with Gasteiger partial charge in [0.15, 0.2) is 11.7 Å². The predicted molar refractivity (Wildman–Crippen MR) is 163 cm³/mol. The van der Waals surface area contributed by atoms with Gasteiger partial charge in [-0.25, -0.2) is 4.99 Å². The molecule has 0 fully saturated rings. The molecule has 2 aromatic rings. The number of fused-ring (bicyclic) bond motifs is 3. The number of allylic oxidation sites excluding steroid dienone is 1. The molecule has 0 spiro atoms. The first-order valence-electron chi connectivity index (χ1n) is 13.1. The van der Waals surface area contributed by atoms with E-state index in [0.29, 0.717) is 17.2 Å². The lowest BCUT2D eigenvalue weighted by Gasteiger charge is -2.31. The van der Waals surface area contributed by atoms with Crippen molar-refractivity contribution in [3.63, 3.8) is 0 Å². The van der Waals surface area contributed by atoms with Crippen molar-refractivity contribution in [1.82, 2.24) is 0 Å². The van der Waals surface area contributed by atoms with Crippen molar-refractivity contribution < 1.29 is 0 Å². The number of hydrogen-bond acceptors (Lipinski definition) is 6. The molecule has 0 bridgehead atoms. The molecule has 0 saturated heterocycles. The summed E-state index contributed by atoms with van der Waals surface area (Å²) in [7, 11) is 0. The lowest BCUT2D eigenvalue weighted by Crippen LogP contribution is -2.47. The second-order valence-corrected chi connectivity index (χ2v) is 11.6. The van der Waals surface area contributed by atoms with Gasteiger partial charge >= 0.3 is 0 Å². The third kappa shape index (κ3) is 5.17. The molecule has 4 rings (SSSR count). The van der Waals surface area contributed by atoms with E-state index in [0.717, 1.165) is 44.9 Å². The summed E-state index contributed by atoms with van der Waals surface area (Å²) in [6.45, 7) is 18.2. The summed E-state index contributed by atoms with van der Waals surface area (Å²) in [5.41, 5.74) is 22.7. The van der Waals surface area contributed by atoms with E-state index in [1.54, 1.807) is 0 Å². The zero-order valence-electron chi connectivity index (χ0n) is 24.4. The van der Waals surface area contributed by atoms with Gasteiger partial charge in [0.05, 0.1) is 17.1 Å². The van der Waals surface area contributed by atoms with Crippen molar-refractivity contribution in [3.05, 3.63) is 75.0 Å². The molecule has 39 heavy (non-hydrogen) atoms. The van der Waals surface area contributed by atoms with Gasteiger partial charge in [0.2, 0.25) is 0 Å². The van der Waals surface area contributed by atoms with Crippen molar-refractivity contribution in [2.45, 2.75) is 68.5 Å². The monoisotopic (exact) mass is 522 g/mol. The zero-order valence-corrected chi connectivity index (χ0v) is 24.4.